The fourth-order valence-electron chi connectivity index (χ4n) is 3.94. The molecule has 8 heteroatoms. The van der Waals surface area contributed by atoms with Gasteiger partial charge in [0.2, 0.25) is 5.91 Å². The molecule has 194 valence electrons. The van der Waals surface area contributed by atoms with E-state index in [0.717, 1.165) is 16.7 Å². The van der Waals surface area contributed by atoms with Crippen LogP contribution in [0.15, 0.2) is 72.8 Å². The number of ether oxygens (including phenoxy) is 3. The summed E-state index contributed by atoms with van der Waals surface area (Å²) in [7, 11) is 4.88. The van der Waals surface area contributed by atoms with Crippen molar-refractivity contribution in [3.63, 3.8) is 0 Å². The number of nitrogens with zero attached hydrogens (tertiary/aromatic N) is 1. The molecule has 0 aliphatic carbocycles. The van der Waals surface area contributed by atoms with E-state index >= 15 is 0 Å². The number of nitrogens with two attached hydrogens (primary N) is 1. The van der Waals surface area contributed by atoms with Crippen molar-refractivity contribution in [2.24, 2.45) is 5.73 Å². The quantitative estimate of drug-likeness (QED) is 0.295. The summed E-state index contributed by atoms with van der Waals surface area (Å²) in [5.74, 6) is -0.779. The van der Waals surface area contributed by atoms with E-state index in [1.165, 1.54) is 0 Å². The number of rotatable bonds is 12. The maximum absolute atomic E-state index is 13.0. The molecule has 37 heavy (non-hydrogen) atoms. The van der Waals surface area contributed by atoms with E-state index in [1.54, 1.807) is 50.4 Å². The number of hydrogen-bond acceptors (Lipinski definition) is 7. The molecule has 0 radical (unpaired) electrons. The minimum Gasteiger partial charge on any atom is -0.493 e. The first kappa shape index (κ1) is 27.4. The van der Waals surface area contributed by atoms with Gasteiger partial charge in [-0.2, -0.15) is 0 Å². The standard InChI is InChI=1S/C29H32N2O6/c1-31(18-17-20-9-15-25(35-2)26(19-20)36-3)24(14-16-27(30)32)29(34)37-28(33)23-12-10-22(11-13-23)21-7-5-4-6-8-21/h4-13,15,19,24H,14,16-18H2,1-3H3,(H2,30,32)/t24-/m0/s1. The van der Waals surface area contributed by atoms with Gasteiger partial charge in [0.1, 0.15) is 6.04 Å². The Morgan fingerprint density at radius 1 is 0.865 bits per heavy atom. The Morgan fingerprint density at radius 2 is 1.51 bits per heavy atom. The molecule has 0 unspecified atom stereocenters. The van der Waals surface area contributed by atoms with Gasteiger partial charge in [0, 0.05) is 13.0 Å². The van der Waals surface area contributed by atoms with Crippen molar-refractivity contribution in [2.45, 2.75) is 25.3 Å². The normalized spacial score (nSPS) is 11.6. The van der Waals surface area contributed by atoms with Crippen molar-refractivity contribution in [1.29, 1.82) is 0 Å². The van der Waals surface area contributed by atoms with Crippen LogP contribution in [0.5, 0.6) is 11.5 Å². The van der Waals surface area contributed by atoms with Crippen molar-refractivity contribution < 1.29 is 28.6 Å². The van der Waals surface area contributed by atoms with E-state index in [2.05, 4.69) is 0 Å². The van der Waals surface area contributed by atoms with Crippen molar-refractivity contribution in [2.75, 3.05) is 27.8 Å². The summed E-state index contributed by atoms with van der Waals surface area (Å²) in [5.41, 5.74) is 8.51. The van der Waals surface area contributed by atoms with Gasteiger partial charge in [-0.25, -0.2) is 9.59 Å². The summed E-state index contributed by atoms with van der Waals surface area (Å²) in [6.07, 6.45) is 0.712. The monoisotopic (exact) mass is 504 g/mol. The lowest BCUT2D eigenvalue weighted by atomic mass is 10.0. The van der Waals surface area contributed by atoms with E-state index in [1.807, 2.05) is 48.5 Å². The lowest BCUT2D eigenvalue weighted by Gasteiger charge is -2.26. The largest absolute Gasteiger partial charge is 0.493 e. The van der Waals surface area contributed by atoms with Gasteiger partial charge in [-0.05, 0) is 60.8 Å². The van der Waals surface area contributed by atoms with Crippen LogP contribution in [0.2, 0.25) is 0 Å². The molecule has 3 rings (SSSR count). The Hall–Kier alpha value is -4.17. The zero-order valence-electron chi connectivity index (χ0n) is 21.3. The van der Waals surface area contributed by atoms with Gasteiger partial charge < -0.3 is 19.9 Å². The number of carbonyl (C=O) groups is 3. The van der Waals surface area contributed by atoms with Crippen LogP contribution in [-0.4, -0.2) is 56.6 Å². The number of amides is 1. The van der Waals surface area contributed by atoms with Crippen molar-refractivity contribution in [1.82, 2.24) is 4.90 Å². The zero-order chi connectivity index (χ0) is 26.8. The highest BCUT2D eigenvalue weighted by atomic mass is 16.6. The Balaban J connectivity index is 1.66. The number of esters is 2. The highest BCUT2D eigenvalue weighted by molar-refractivity contribution is 5.98. The molecule has 0 aliphatic heterocycles. The Bertz CT molecular complexity index is 1210. The second-order valence-electron chi connectivity index (χ2n) is 8.59. The molecule has 0 aliphatic rings. The number of benzene rings is 3. The van der Waals surface area contributed by atoms with Gasteiger partial charge in [0.25, 0.3) is 0 Å². The third-order valence-corrected chi connectivity index (χ3v) is 6.09. The van der Waals surface area contributed by atoms with Gasteiger partial charge in [-0.1, -0.05) is 48.5 Å². The van der Waals surface area contributed by atoms with Crippen molar-refractivity contribution in [3.05, 3.63) is 83.9 Å². The SMILES string of the molecule is COc1ccc(CCN(C)[C@@H](CCC(N)=O)C(=O)OC(=O)c2ccc(-c3ccccc3)cc2)cc1OC. The zero-order valence-corrected chi connectivity index (χ0v) is 21.3. The molecule has 0 saturated carbocycles. The van der Waals surface area contributed by atoms with E-state index in [-0.39, 0.29) is 18.4 Å². The molecule has 0 spiro atoms. The van der Waals surface area contributed by atoms with Gasteiger partial charge in [0.15, 0.2) is 11.5 Å². The summed E-state index contributed by atoms with van der Waals surface area (Å²) in [6.45, 7) is 0.466. The van der Waals surface area contributed by atoms with Crippen LogP contribution in [-0.2, 0) is 20.7 Å². The summed E-state index contributed by atoms with van der Waals surface area (Å²) < 4.78 is 15.8. The fraction of sp³-hybridized carbons (Fsp3) is 0.276. The molecule has 3 aromatic carbocycles. The predicted molar refractivity (Wildman–Crippen MR) is 140 cm³/mol. The maximum Gasteiger partial charge on any atom is 0.345 e. The van der Waals surface area contributed by atoms with Crippen LogP contribution in [0, 0.1) is 0 Å². The van der Waals surface area contributed by atoms with Gasteiger partial charge in [0.05, 0.1) is 19.8 Å². The highest BCUT2D eigenvalue weighted by Gasteiger charge is 2.27. The van der Waals surface area contributed by atoms with Crippen LogP contribution < -0.4 is 15.2 Å². The molecule has 1 amide bonds. The lowest BCUT2D eigenvalue weighted by molar-refractivity contribution is -0.144. The Labute approximate surface area is 216 Å². The van der Waals surface area contributed by atoms with Gasteiger partial charge in [-0.3, -0.25) is 9.69 Å². The highest BCUT2D eigenvalue weighted by Crippen LogP contribution is 2.28. The second kappa shape index (κ2) is 13.2. The smallest absolute Gasteiger partial charge is 0.345 e. The summed E-state index contributed by atoms with van der Waals surface area (Å²) in [5, 5.41) is 0. The van der Waals surface area contributed by atoms with Crippen molar-refractivity contribution in [3.8, 4) is 22.6 Å². The van der Waals surface area contributed by atoms with Crippen molar-refractivity contribution >= 4 is 17.8 Å². The second-order valence-corrected chi connectivity index (χ2v) is 8.59. The molecule has 0 fully saturated rings. The fourth-order valence-corrected chi connectivity index (χ4v) is 3.94. The third kappa shape index (κ3) is 7.65. The third-order valence-electron chi connectivity index (χ3n) is 6.09. The summed E-state index contributed by atoms with van der Waals surface area (Å²) in [6, 6.07) is 21.4. The first-order valence-corrected chi connectivity index (χ1v) is 11.9. The predicted octanol–water partition coefficient (Wildman–Crippen LogP) is 3.86. The van der Waals surface area contributed by atoms with E-state index in [0.29, 0.717) is 24.5 Å². The summed E-state index contributed by atoms with van der Waals surface area (Å²) >= 11 is 0. The first-order chi connectivity index (χ1) is 17.8. The Morgan fingerprint density at radius 3 is 2.14 bits per heavy atom. The molecule has 0 saturated heterocycles. The molecular weight excluding hydrogens is 472 g/mol. The molecular formula is C29H32N2O6. The molecule has 1 atom stereocenters. The molecule has 0 bridgehead atoms. The van der Waals surface area contributed by atoms with Crippen LogP contribution in [0.1, 0.15) is 28.8 Å². The molecule has 3 aromatic rings. The first-order valence-electron chi connectivity index (χ1n) is 11.9. The number of hydrogen-bond donors (Lipinski definition) is 1. The number of carbonyl (C=O) groups excluding carboxylic acids is 3. The molecule has 8 nitrogen and oxygen atoms in total. The van der Waals surface area contributed by atoms with Crippen LogP contribution in [0.25, 0.3) is 11.1 Å². The van der Waals surface area contributed by atoms with Gasteiger partial charge >= 0.3 is 11.9 Å². The van der Waals surface area contributed by atoms with Crippen LogP contribution >= 0.6 is 0 Å². The average Bonchev–Trinajstić information content (AvgIpc) is 2.92. The minimum atomic E-state index is -0.819. The number of likely N-dealkylation sites (N-methyl/N-ethyl adjacent to an activating group) is 1. The Kier molecular flexibility index (Phi) is 9.80. The summed E-state index contributed by atoms with van der Waals surface area (Å²) in [4.78, 5) is 38.9. The van der Waals surface area contributed by atoms with E-state index < -0.39 is 23.9 Å². The number of methoxy groups -OCH3 is 2. The molecule has 0 aromatic heterocycles. The van der Waals surface area contributed by atoms with Gasteiger partial charge in [-0.15, -0.1) is 0 Å². The lowest BCUT2D eigenvalue weighted by Crippen LogP contribution is -2.42. The minimum absolute atomic E-state index is 0.0135. The average molecular weight is 505 g/mol. The van der Waals surface area contributed by atoms with Crippen LogP contribution in [0.3, 0.4) is 0 Å². The maximum atomic E-state index is 13.0. The van der Waals surface area contributed by atoms with Crippen LogP contribution in [0.4, 0.5) is 0 Å². The van der Waals surface area contributed by atoms with E-state index in [4.69, 9.17) is 19.9 Å². The molecule has 2 N–H and O–H groups in total. The topological polar surface area (TPSA) is 108 Å². The molecule has 0 heterocycles. The van der Waals surface area contributed by atoms with E-state index in [9.17, 15) is 14.4 Å². The number of primary amides is 1.